The summed E-state index contributed by atoms with van der Waals surface area (Å²) in [4.78, 5) is 22.3. The number of carboxylic acid groups (broad SMARTS) is 1. The van der Waals surface area contributed by atoms with Crippen molar-refractivity contribution in [2.45, 2.75) is 44.7 Å². The van der Waals surface area contributed by atoms with E-state index < -0.39 is 11.5 Å². The molecule has 3 N–H and O–H groups in total. The molecule has 1 rings (SSSR count). The lowest BCUT2D eigenvalue weighted by Crippen LogP contribution is -2.52. The predicted molar refractivity (Wildman–Crippen MR) is 68.3 cm³/mol. The smallest absolute Gasteiger partial charge is 0.315 e. The second kappa shape index (κ2) is 6.14. The molecule has 98 valence electrons. The second-order valence-electron chi connectivity index (χ2n) is 4.94. The number of carboxylic acids is 1. The maximum Gasteiger partial charge on any atom is 0.315 e. The fourth-order valence-corrected chi connectivity index (χ4v) is 2.90. The predicted octanol–water partition coefficient (Wildman–Crippen LogP) is 1.43. The van der Waals surface area contributed by atoms with E-state index in [0.29, 0.717) is 0 Å². The summed E-state index contributed by atoms with van der Waals surface area (Å²) < 4.78 is 0. The minimum absolute atomic E-state index is 0.0824. The molecule has 0 bridgehead atoms. The number of aliphatic carboxylic acids is 1. The average Bonchev–Trinajstić information content (AvgIpc) is 2.15. The highest BCUT2D eigenvalue weighted by molar-refractivity contribution is 7.99. The minimum Gasteiger partial charge on any atom is -0.481 e. The topological polar surface area (TPSA) is 78.4 Å². The van der Waals surface area contributed by atoms with Gasteiger partial charge in [-0.05, 0) is 38.2 Å². The molecule has 0 atom stereocenters. The van der Waals surface area contributed by atoms with Gasteiger partial charge in [-0.1, -0.05) is 0 Å². The Kier molecular flexibility index (Phi) is 5.11. The molecule has 1 aliphatic rings. The molecule has 5 nitrogen and oxygen atoms in total. The standard InChI is InChI=1S/C11H20N2O3S/c1-11(2,7-9(14)15)13-10(16)12-8-3-5-17-6-4-8/h8H,3-7H2,1-2H3,(H,14,15)(H2,12,13,16). The molecule has 0 saturated carbocycles. The number of nitrogens with one attached hydrogen (secondary N) is 2. The highest BCUT2D eigenvalue weighted by Gasteiger charge is 2.25. The van der Waals surface area contributed by atoms with Crippen LogP contribution in [0.1, 0.15) is 33.1 Å². The Morgan fingerprint density at radius 3 is 2.47 bits per heavy atom. The van der Waals surface area contributed by atoms with E-state index in [9.17, 15) is 9.59 Å². The monoisotopic (exact) mass is 260 g/mol. The third kappa shape index (κ3) is 5.81. The normalized spacial score (nSPS) is 17.5. The Morgan fingerprint density at radius 1 is 1.35 bits per heavy atom. The van der Waals surface area contributed by atoms with Gasteiger partial charge in [-0.15, -0.1) is 0 Å². The van der Waals surface area contributed by atoms with Crippen LogP contribution in [-0.2, 0) is 4.79 Å². The quantitative estimate of drug-likeness (QED) is 0.714. The average molecular weight is 260 g/mol. The van der Waals surface area contributed by atoms with E-state index in [1.54, 1.807) is 13.8 Å². The highest BCUT2D eigenvalue weighted by atomic mass is 32.2. The van der Waals surface area contributed by atoms with Crippen LogP contribution in [-0.4, -0.2) is 40.2 Å². The lowest BCUT2D eigenvalue weighted by atomic mass is 10.0. The first-order valence-electron chi connectivity index (χ1n) is 5.77. The van der Waals surface area contributed by atoms with Crippen LogP contribution in [0.15, 0.2) is 0 Å². The molecule has 0 aromatic heterocycles. The largest absolute Gasteiger partial charge is 0.481 e. The number of hydrogen-bond acceptors (Lipinski definition) is 3. The molecule has 0 aliphatic carbocycles. The molecule has 0 radical (unpaired) electrons. The van der Waals surface area contributed by atoms with Gasteiger partial charge in [0, 0.05) is 11.6 Å². The number of amides is 2. The van der Waals surface area contributed by atoms with Crippen LogP contribution >= 0.6 is 11.8 Å². The van der Waals surface area contributed by atoms with Crippen LogP contribution < -0.4 is 10.6 Å². The Morgan fingerprint density at radius 2 is 1.94 bits per heavy atom. The van der Waals surface area contributed by atoms with Gasteiger partial charge >= 0.3 is 12.0 Å². The summed E-state index contributed by atoms with van der Waals surface area (Å²) in [6, 6.07) is -0.0509. The summed E-state index contributed by atoms with van der Waals surface area (Å²) in [5, 5.41) is 14.3. The van der Waals surface area contributed by atoms with Crippen molar-refractivity contribution in [2.24, 2.45) is 0 Å². The first-order valence-corrected chi connectivity index (χ1v) is 6.93. The SMILES string of the molecule is CC(C)(CC(=O)O)NC(=O)NC1CCSCC1. The number of urea groups is 1. The van der Waals surface area contributed by atoms with Crippen LogP contribution in [0.5, 0.6) is 0 Å². The molecule has 0 spiro atoms. The van der Waals surface area contributed by atoms with Crippen molar-refractivity contribution in [2.75, 3.05) is 11.5 Å². The number of rotatable bonds is 4. The van der Waals surface area contributed by atoms with Crippen LogP contribution in [0, 0.1) is 0 Å². The van der Waals surface area contributed by atoms with Gasteiger partial charge < -0.3 is 15.7 Å². The van der Waals surface area contributed by atoms with E-state index >= 15 is 0 Å². The Balaban J connectivity index is 2.34. The van der Waals surface area contributed by atoms with E-state index in [0.717, 1.165) is 24.3 Å². The Labute approximate surface area is 106 Å². The van der Waals surface area contributed by atoms with Gasteiger partial charge in [0.1, 0.15) is 0 Å². The summed E-state index contributed by atoms with van der Waals surface area (Å²) in [7, 11) is 0. The van der Waals surface area contributed by atoms with Crippen LogP contribution in [0.4, 0.5) is 4.79 Å². The van der Waals surface area contributed by atoms with Crippen molar-refractivity contribution in [3.8, 4) is 0 Å². The molecule has 17 heavy (non-hydrogen) atoms. The summed E-state index contributed by atoms with van der Waals surface area (Å²) in [5.74, 6) is 1.23. The lowest BCUT2D eigenvalue weighted by Gasteiger charge is -2.28. The third-order valence-electron chi connectivity index (χ3n) is 2.60. The molecule has 0 unspecified atom stereocenters. The van der Waals surface area contributed by atoms with E-state index in [4.69, 9.17) is 5.11 Å². The molecule has 1 fully saturated rings. The number of hydrogen-bond donors (Lipinski definition) is 3. The fourth-order valence-electron chi connectivity index (χ4n) is 1.79. The zero-order valence-electron chi connectivity index (χ0n) is 10.3. The maximum atomic E-state index is 11.7. The maximum absolute atomic E-state index is 11.7. The summed E-state index contributed by atoms with van der Waals surface area (Å²) in [6.45, 7) is 3.41. The minimum atomic E-state index is -0.913. The van der Waals surface area contributed by atoms with Crippen molar-refractivity contribution in [1.29, 1.82) is 0 Å². The highest BCUT2D eigenvalue weighted by Crippen LogP contribution is 2.17. The van der Waals surface area contributed by atoms with E-state index in [1.165, 1.54) is 0 Å². The number of thioether (sulfide) groups is 1. The fraction of sp³-hybridized carbons (Fsp3) is 0.818. The van der Waals surface area contributed by atoms with E-state index in [2.05, 4.69) is 10.6 Å². The molecular weight excluding hydrogens is 240 g/mol. The zero-order valence-corrected chi connectivity index (χ0v) is 11.1. The lowest BCUT2D eigenvalue weighted by molar-refractivity contribution is -0.138. The molecule has 0 aromatic carbocycles. The van der Waals surface area contributed by atoms with Crippen molar-refractivity contribution >= 4 is 23.8 Å². The molecule has 1 saturated heterocycles. The van der Waals surface area contributed by atoms with Gasteiger partial charge in [-0.25, -0.2) is 4.79 Å². The van der Waals surface area contributed by atoms with Crippen molar-refractivity contribution in [3.63, 3.8) is 0 Å². The van der Waals surface area contributed by atoms with Crippen molar-refractivity contribution in [3.05, 3.63) is 0 Å². The Hall–Kier alpha value is -0.910. The first kappa shape index (κ1) is 14.2. The Bertz CT molecular complexity index is 288. The van der Waals surface area contributed by atoms with Gasteiger partial charge in [0.05, 0.1) is 6.42 Å². The molecule has 2 amide bonds. The summed E-state index contributed by atoms with van der Waals surface area (Å²) in [5.41, 5.74) is -0.723. The second-order valence-corrected chi connectivity index (χ2v) is 6.16. The van der Waals surface area contributed by atoms with E-state index in [1.807, 2.05) is 11.8 Å². The number of carbonyl (C=O) groups is 2. The molecule has 0 aromatic rings. The van der Waals surface area contributed by atoms with E-state index in [-0.39, 0.29) is 18.5 Å². The summed E-state index contributed by atoms with van der Waals surface area (Å²) >= 11 is 1.90. The molecule has 6 heteroatoms. The molecule has 1 heterocycles. The van der Waals surface area contributed by atoms with Gasteiger partial charge in [-0.3, -0.25) is 4.79 Å². The number of carbonyl (C=O) groups excluding carboxylic acids is 1. The van der Waals surface area contributed by atoms with Crippen LogP contribution in [0.25, 0.3) is 0 Å². The van der Waals surface area contributed by atoms with Gasteiger partial charge in [0.25, 0.3) is 0 Å². The van der Waals surface area contributed by atoms with Crippen LogP contribution in [0.2, 0.25) is 0 Å². The first-order chi connectivity index (χ1) is 7.89. The van der Waals surface area contributed by atoms with Gasteiger partial charge in [0.2, 0.25) is 0 Å². The van der Waals surface area contributed by atoms with Gasteiger partial charge in [0.15, 0.2) is 0 Å². The molecular formula is C11H20N2O3S. The molecule has 1 aliphatic heterocycles. The third-order valence-corrected chi connectivity index (χ3v) is 3.65. The summed E-state index contributed by atoms with van der Waals surface area (Å²) in [6.07, 6.45) is 1.88. The van der Waals surface area contributed by atoms with Crippen LogP contribution in [0.3, 0.4) is 0 Å². The van der Waals surface area contributed by atoms with Crippen molar-refractivity contribution in [1.82, 2.24) is 10.6 Å². The van der Waals surface area contributed by atoms with Crippen molar-refractivity contribution < 1.29 is 14.7 Å². The zero-order chi connectivity index (χ0) is 12.9. The van der Waals surface area contributed by atoms with Gasteiger partial charge in [-0.2, -0.15) is 11.8 Å².